The van der Waals surface area contributed by atoms with Crippen molar-refractivity contribution in [2.45, 2.75) is 58.2 Å². The summed E-state index contributed by atoms with van der Waals surface area (Å²) in [5.41, 5.74) is 4.65. The van der Waals surface area contributed by atoms with Crippen molar-refractivity contribution >= 4 is 15.4 Å². The molecule has 0 amide bonds. The standard InChI is InChI=1S/C16H24OSi/c1-9-10(2)16(18)7-5-13(9)11(3)12-4-6-14-15(8-12)17-14/h5,7,11-12,14-15H,4,6,8H2,1-3,18H3. The van der Waals surface area contributed by atoms with Gasteiger partial charge >= 0.3 is 0 Å². The first kappa shape index (κ1) is 12.4. The van der Waals surface area contributed by atoms with Crippen molar-refractivity contribution in [3.8, 4) is 0 Å². The molecule has 0 N–H and O–H groups in total. The highest BCUT2D eigenvalue weighted by molar-refractivity contribution is 6.33. The Morgan fingerprint density at radius 1 is 1.17 bits per heavy atom. The third-order valence-corrected chi connectivity index (χ3v) is 6.43. The third kappa shape index (κ3) is 2.06. The molecule has 18 heavy (non-hydrogen) atoms. The number of fused-ring (bicyclic) bond motifs is 1. The molecule has 1 aliphatic heterocycles. The lowest BCUT2D eigenvalue weighted by Crippen LogP contribution is -2.21. The van der Waals surface area contributed by atoms with Crippen molar-refractivity contribution in [2.24, 2.45) is 5.92 Å². The smallest absolute Gasteiger partial charge is 0.0844 e. The summed E-state index contributed by atoms with van der Waals surface area (Å²) in [5, 5.41) is 1.55. The number of ether oxygens (including phenoxy) is 1. The molecule has 1 aromatic carbocycles. The SMILES string of the molecule is Cc1c([SiH3])ccc(C(C)C2CCC3OC3C2)c1C. The van der Waals surface area contributed by atoms with E-state index >= 15 is 0 Å². The monoisotopic (exact) mass is 260 g/mol. The maximum atomic E-state index is 5.67. The van der Waals surface area contributed by atoms with E-state index in [0.29, 0.717) is 18.1 Å². The lowest BCUT2D eigenvalue weighted by atomic mass is 9.76. The molecular formula is C16H24OSi. The zero-order valence-electron chi connectivity index (χ0n) is 12.0. The van der Waals surface area contributed by atoms with Gasteiger partial charge in [-0.25, -0.2) is 0 Å². The van der Waals surface area contributed by atoms with Crippen LogP contribution in [0.5, 0.6) is 0 Å². The van der Waals surface area contributed by atoms with Gasteiger partial charge in [-0.05, 0) is 61.6 Å². The Kier molecular flexibility index (Phi) is 3.11. The normalized spacial score (nSPS) is 32.1. The molecule has 98 valence electrons. The summed E-state index contributed by atoms with van der Waals surface area (Å²) in [4.78, 5) is 0. The quantitative estimate of drug-likeness (QED) is 0.585. The topological polar surface area (TPSA) is 12.5 Å². The minimum atomic E-state index is 0.602. The van der Waals surface area contributed by atoms with Crippen LogP contribution in [-0.4, -0.2) is 22.5 Å². The first-order chi connectivity index (χ1) is 8.58. The largest absolute Gasteiger partial charge is 0.370 e. The number of hydrogen-bond acceptors (Lipinski definition) is 1. The van der Waals surface area contributed by atoms with Crippen LogP contribution in [0.25, 0.3) is 0 Å². The maximum Gasteiger partial charge on any atom is 0.0844 e. The lowest BCUT2D eigenvalue weighted by Gasteiger charge is -2.28. The van der Waals surface area contributed by atoms with Crippen LogP contribution in [0.4, 0.5) is 0 Å². The summed E-state index contributed by atoms with van der Waals surface area (Å²) < 4.78 is 5.67. The van der Waals surface area contributed by atoms with Gasteiger partial charge in [0.1, 0.15) is 0 Å². The Balaban J connectivity index is 1.83. The molecule has 4 unspecified atom stereocenters. The van der Waals surface area contributed by atoms with Crippen LogP contribution in [-0.2, 0) is 4.74 Å². The van der Waals surface area contributed by atoms with E-state index in [2.05, 4.69) is 32.9 Å². The Morgan fingerprint density at radius 2 is 1.94 bits per heavy atom. The zero-order chi connectivity index (χ0) is 12.9. The molecule has 1 heterocycles. The van der Waals surface area contributed by atoms with E-state index in [9.17, 15) is 0 Å². The molecule has 2 heteroatoms. The fourth-order valence-electron chi connectivity index (χ4n) is 3.61. The van der Waals surface area contributed by atoms with Gasteiger partial charge in [0.2, 0.25) is 0 Å². The molecular weight excluding hydrogens is 236 g/mol. The van der Waals surface area contributed by atoms with Crippen LogP contribution in [0.2, 0.25) is 0 Å². The van der Waals surface area contributed by atoms with Gasteiger partial charge in [0, 0.05) is 10.2 Å². The van der Waals surface area contributed by atoms with Gasteiger partial charge in [-0.2, -0.15) is 0 Å². The minimum absolute atomic E-state index is 0.602. The van der Waals surface area contributed by atoms with Gasteiger partial charge in [-0.3, -0.25) is 0 Å². The summed E-state index contributed by atoms with van der Waals surface area (Å²) in [7, 11) is 1.16. The van der Waals surface area contributed by atoms with Gasteiger partial charge in [0.15, 0.2) is 0 Å². The Bertz CT molecular complexity index is 468. The summed E-state index contributed by atoms with van der Waals surface area (Å²) >= 11 is 0. The fraction of sp³-hybridized carbons (Fsp3) is 0.625. The Labute approximate surface area is 113 Å². The molecule has 1 aromatic rings. The van der Waals surface area contributed by atoms with Gasteiger partial charge < -0.3 is 4.74 Å². The zero-order valence-corrected chi connectivity index (χ0v) is 14.0. The first-order valence-electron chi connectivity index (χ1n) is 7.30. The second-order valence-electron chi connectivity index (χ2n) is 6.30. The van der Waals surface area contributed by atoms with E-state index in [1.54, 1.807) is 10.8 Å². The van der Waals surface area contributed by atoms with E-state index in [0.717, 1.165) is 16.2 Å². The second-order valence-corrected chi connectivity index (χ2v) is 7.37. The molecule has 1 saturated heterocycles. The van der Waals surface area contributed by atoms with Gasteiger partial charge in [0.25, 0.3) is 0 Å². The van der Waals surface area contributed by atoms with Crippen molar-refractivity contribution in [3.63, 3.8) is 0 Å². The predicted molar refractivity (Wildman–Crippen MR) is 79.9 cm³/mol. The summed E-state index contributed by atoms with van der Waals surface area (Å²) in [6, 6.07) is 4.73. The van der Waals surface area contributed by atoms with Crippen LogP contribution in [0.1, 0.15) is 48.8 Å². The van der Waals surface area contributed by atoms with Crippen LogP contribution >= 0.6 is 0 Å². The lowest BCUT2D eigenvalue weighted by molar-refractivity contribution is 0.333. The van der Waals surface area contributed by atoms with Gasteiger partial charge in [-0.1, -0.05) is 24.2 Å². The van der Waals surface area contributed by atoms with Crippen LogP contribution in [0, 0.1) is 19.8 Å². The molecule has 0 spiro atoms. The van der Waals surface area contributed by atoms with Crippen LogP contribution < -0.4 is 5.19 Å². The predicted octanol–water partition coefficient (Wildman–Crippen LogP) is 1.97. The molecule has 2 fully saturated rings. The molecule has 1 aliphatic carbocycles. The Morgan fingerprint density at radius 3 is 2.67 bits per heavy atom. The third-order valence-electron chi connectivity index (χ3n) is 5.34. The average molecular weight is 260 g/mol. The second kappa shape index (κ2) is 4.50. The van der Waals surface area contributed by atoms with Crippen molar-refractivity contribution in [3.05, 3.63) is 28.8 Å². The number of hydrogen-bond donors (Lipinski definition) is 0. The van der Waals surface area contributed by atoms with E-state index in [4.69, 9.17) is 4.74 Å². The molecule has 2 aliphatic rings. The molecule has 3 rings (SSSR count). The molecule has 0 bridgehead atoms. The number of benzene rings is 1. The van der Waals surface area contributed by atoms with Crippen molar-refractivity contribution in [1.29, 1.82) is 0 Å². The van der Waals surface area contributed by atoms with Gasteiger partial charge in [0.05, 0.1) is 12.2 Å². The Hall–Kier alpha value is -0.603. The molecule has 1 saturated carbocycles. The fourth-order valence-corrected chi connectivity index (χ4v) is 4.16. The van der Waals surface area contributed by atoms with Crippen molar-refractivity contribution < 1.29 is 4.74 Å². The molecule has 0 radical (unpaired) electrons. The van der Waals surface area contributed by atoms with Crippen molar-refractivity contribution in [2.75, 3.05) is 0 Å². The summed E-state index contributed by atoms with van der Waals surface area (Å²) in [6.07, 6.45) is 5.15. The van der Waals surface area contributed by atoms with Gasteiger partial charge in [-0.15, -0.1) is 0 Å². The summed E-state index contributed by atoms with van der Waals surface area (Å²) in [5.74, 6) is 1.52. The summed E-state index contributed by atoms with van der Waals surface area (Å²) in [6.45, 7) is 7.01. The van der Waals surface area contributed by atoms with E-state index in [-0.39, 0.29) is 0 Å². The average Bonchev–Trinajstić information content (AvgIpc) is 3.13. The van der Waals surface area contributed by atoms with E-state index < -0.39 is 0 Å². The molecule has 1 nitrogen and oxygen atoms in total. The first-order valence-corrected chi connectivity index (χ1v) is 8.30. The highest BCUT2D eigenvalue weighted by atomic mass is 28.1. The highest BCUT2D eigenvalue weighted by Crippen LogP contribution is 2.45. The highest BCUT2D eigenvalue weighted by Gasteiger charge is 2.45. The van der Waals surface area contributed by atoms with E-state index in [1.165, 1.54) is 30.4 Å². The minimum Gasteiger partial charge on any atom is -0.370 e. The number of rotatable bonds is 2. The molecule has 4 atom stereocenters. The van der Waals surface area contributed by atoms with Crippen LogP contribution in [0.3, 0.4) is 0 Å². The van der Waals surface area contributed by atoms with Crippen molar-refractivity contribution in [1.82, 2.24) is 0 Å². The van der Waals surface area contributed by atoms with E-state index in [1.807, 2.05) is 0 Å². The number of epoxide rings is 1. The maximum absolute atomic E-state index is 5.67. The molecule has 0 aromatic heterocycles. The van der Waals surface area contributed by atoms with Crippen LogP contribution in [0.15, 0.2) is 12.1 Å².